The predicted octanol–water partition coefficient (Wildman–Crippen LogP) is 1.92. The highest BCUT2D eigenvalue weighted by molar-refractivity contribution is 7.99. The fourth-order valence-corrected chi connectivity index (χ4v) is 2.22. The molecule has 10 heteroatoms. The molecule has 1 aromatic carbocycles. The van der Waals surface area contributed by atoms with E-state index in [0.29, 0.717) is 0 Å². The van der Waals surface area contributed by atoms with Crippen molar-refractivity contribution in [3.63, 3.8) is 0 Å². The van der Waals surface area contributed by atoms with Crippen molar-refractivity contribution in [2.24, 2.45) is 0 Å². The van der Waals surface area contributed by atoms with Gasteiger partial charge in [0, 0.05) is 0 Å². The average molecular weight is 318 g/mol. The Morgan fingerprint density at radius 2 is 2.05 bits per heavy atom. The molecule has 0 saturated heterocycles. The van der Waals surface area contributed by atoms with E-state index in [9.17, 15) is 18.0 Å². The van der Waals surface area contributed by atoms with E-state index in [1.54, 1.807) is 0 Å². The minimum atomic E-state index is -4.47. The predicted molar refractivity (Wildman–Crippen MR) is 66.7 cm³/mol. The molecule has 1 aromatic heterocycles. The summed E-state index contributed by atoms with van der Waals surface area (Å²) in [5.41, 5.74) is -0.760. The van der Waals surface area contributed by atoms with E-state index in [4.69, 9.17) is 5.11 Å². The Labute approximate surface area is 121 Å². The first-order valence-corrected chi connectivity index (χ1v) is 6.62. The number of nitrogens with zero attached hydrogens (tertiary/aromatic N) is 4. The van der Waals surface area contributed by atoms with Crippen LogP contribution >= 0.6 is 11.8 Å². The van der Waals surface area contributed by atoms with Crippen LogP contribution in [-0.2, 0) is 17.5 Å². The van der Waals surface area contributed by atoms with E-state index < -0.39 is 17.7 Å². The van der Waals surface area contributed by atoms with Crippen LogP contribution in [0.3, 0.4) is 0 Å². The molecule has 112 valence electrons. The van der Waals surface area contributed by atoms with Crippen LogP contribution in [0.15, 0.2) is 29.4 Å². The molecule has 0 aliphatic carbocycles. The van der Waals surface area contributed by atoms with Crippen LogP contribution in [0.2, 0.25) is 0 Å². The Balaban J connectivity index is 2.24. The van der Waals surface area contributed by atoms with Gasteiger partial charge in [0.05, 0.1) is 17.9 Å². The molecular weight excluding hydrogens is 309 g/mol. The zero-order valence-corrected chi connectivity index (χ0v) is 11.2. The van der Waals surface area contributed by atoms with E-state index in [1.807, 2.05) is 0 Å². The maximum absolute atomic E-state index is 12.9. The summed E-state index contributed by atoms with van der Waals surface area (Å²) >= 11 is 0.840. The molecule has 0 radical (unpaired) electrons. The van der Waals surface area contributed by atoms with E-state index in [1.165, 1.54) is 18.2 Å². The Kier molecular flexibility index (Phi) is 4.46. The topological polar surface area (TPSA) is 80.9 Å². The van der Waals surface area contributed by atoms with Crippen molar-refractivity contribution in [3.8, 4) is 0 Å². The number of hydrogen-bond acceptors (Lipinski definition) is 5. The molecule has 0 amide bonds. The van der Waals surface area contributed by atoms with Crippen LogP contribution < -0.4 is 0 Å². The highest BCUT2D eigenvalue weighted by atomic mass is 32.2. The lowest BCUT2D eigenvalue weighted by molar-refractivity contribution is -0.138. The van der Waals surface area contributed by atoms with Gasteiger partial charge in [-0.1, -0.05) is 30.0 Å². The van der Waals surface area contributed by atoms with Crippen molar-refractivity contribution in [1.29, 1.82) is 0 Å². The Morgan fingerprint density at radius 1 is 1.33 bits per heavy atom. The van der Waals surface area contributed by atoms with E-state index in [0.717, 1.165) is 22.5 Å². The SMILES string of the molecule is O=C(O)CSc1nnnn1Cc1ccccc1C(F)(F)F. The lowest BCUT2D eigenvalue weighted by Gasteiger charge is -2.12. The molecule has 6 nitrogen and oxygen atoms in total. The van der Waals surface area contributed by atoms with Gasteiger partial charge in [-0.3, -0.25) is 4.79 Å². The van der Waals surface area contributed by atoms with Crippen LogP contribution in [0.4, 0.5) is 13.2 Å². The molecule has 0 atom stereocenters. The standard InChI is InChI=1S/C11H9F3N4O2S/c12-11(13,14)8-4-2-1-3-7(8)5-18-10(15-16-17-18)21-6-9(19)20/h1-4H,5-6H2,(H,19,20). The monoisotopic (exact) mass is 318 g/mol. The summed E-state index contributed by atoms with van der Waals surface area (Å²) < 4.78 is 39.8. The van der Waals surface area contributed by atoms with Crippen LogP contribution in [0.1, 0.15) is 11.1 Å². The lowest BCUT2D eigenvalue weighted by atomic mass is 10.1. The Morgan fingerprint density at radius 3 is 2.71 bits per heavy atom. The summed E-state index contributed by atoms with van der Waals surface area (Å²) in [4.78, 5) is 10.5. The summed E-state index contributed by atoms with van der Waals surface area (Å²) in [5, 5.41) is 19.3. The number of tetrazole rings is 1. The number of alkyl halides is 3. The fourth-order valence-electron chi connectivity index (χ4n) is 1.62. The molecular formula is C11H9F3N4O2S. The molecule has 1 N–H and O–H groups in total. The number of carbonyl (C=O) groups is 1. The molecule has 0 saturated carbocycles. The van der Waals surface area contributed by atoms with E-state index in [-0.39, 0.29) is 23.0 Å². The summed E-state index contributed by atoms with van der Waals surface area (Å²) in [6.45, 7) is -0.190. The van der Waals surface area contributed by atoms with Gasteiger partial charge in [-0.25, -0.2) is 4.68 Å². The molecule has 2 rings (SSSR count). The largest absolute Gasteiger partial charge is 0.481 e. The van der Waals surface area contributed by atoms with Gasteiger partial charge in [0.25, 0.3) is 0 Å². The number of carboxylic acids is 1. The minimum absolute atomic E-state index is 0.00877. The smallest absolute Gasteiger partial charge is 0.416 e. The molecule has 0 aliphatic rings. The van der Waals surface area contributed by atoms with Gasteiger partial charge in [0.1, 0.15) is 0 Å². The second-order valence-corrected chi connectivity index (χ2v) is 4.90. The Hall–Kier alpha value is -2.10. The summed E-state index contributed by atoms with van der Waals surface area (Å²) in [7, 11) is 0. The lowest BCUT2D eigenvalue weighted by Crippen LogP contribution is -2.13. The number of aliphatic carboxylic acids is 1. The van der Waals surface area contributed by atoms with Gasteiger partial charge in [0.2, 0.25) is 5.16 Å². The number of benzene rings is 1. The van der Waals surface area contributed by atoms with Crippen molar-refractivity contribution < 1.29 is 23.1 Å². The van der Waals surface area contributed by atoms with Gasteiger partial charge in [-0.2, -0.15) is 13.2 Å². The van der Waals surface area contributed by atoms with Crippen LogP contribution in [0.5, 0.6) is 0 Å². The molecule has 2 aromatic rings. The fraction of sp³-hybridized carbons (Fsp3) is 0.273. The molecule has 0 aliphatic heterocycles. The Bertz CT molecular complexity index is 644. The normalized spacial score (nSPS) is 11.6. The number of halogens is 3. The highest BCUT2D eigenvalue weighted by Gasteiger charge is 2.33. The summed E-state index contributed by atoms with van der Waals surface area (Å²) in [5.74, 6) is -1.34. The van der Waals surface area contributed by atoms with Gasteiger partial charge >= 0.3 is 12.1 Å². The van der Waals surface area contributed by atoms with Gasteiger partial charge in [-0.05, 0) is 22.1 Å². The third-order valence-corrected chi connectivity index (χ3v) is 3.41. The maximum Gasteiger partial charge on any atom is 0.416 e. The third-order valence-electron chi connectivity index (χ3n) is 2.47. The molecule has 0 fully saturated rings. The van der Waals surface area contributed by atoms with Crippen LogP contribution in [0.25, 0.3) is 0 Å². The van der Waals surface area contributed by atoms with E-state index >= 15 is 0 Å². The van der Waals surface area contributed by atoms with Crippen molar-refractivity contribution >= 4 is 17.7 Å². The molecule has 21 heavy (non-hydrogen) atoms. The van der Waals surface area contributed by atoms with Crippen molar-refractivity contribution in [1.82, 2.24) is 20.2 Å². The zero-order valence-electron chi connectivity index (χ0n) is 10.4. The van der Waals surface area contributed by atoms with E-state index in [2.05, 4.69) is 15.5 Å². The number of aromatic nitrogens is 4. The first-order valence-electron chi connectivity index (χ1n) is 5.64. The number of carboxylic acid groups (broad SMARTS) is 1. The van der Waals surface area contributed by atoms with Crippen molar-refractivity contribution in [2.45, 2.75) is 17.9 Å². The minimum Gasteiger partial charge on any atom is -0.481 e. The first kappa shape index (κ1) is 15.3. The van der Waals surface area contributed by atoms with Gasteiger partial charge in [-0.15, -0.1) is 5.10 Å². The quantitative estimate of drug-likeness (QED) is 0.848. The molecule has 0 bridgehead atoms. The maximum atomic E-state index is 12.9. The number of rotatable bonds is 5. The highest BCUT2D eigenvalue weighted by Crippen LogP contribution is 2.32. The van der Waals surface area contributed by atoms with Crippen LogP contribution in [0, 0.1) is 0 Å². The number of hydrogen-bond donors (Lipinski definition) is 1. The first-order chi connectivity index (χ1) is 9.88. The zero-order chi connectivity index (χ0) is 15.5. The molecule has 1 heterocycles. The van der Waals surface area contributed by atoms with Crippen molar-refractivity contribution in [2.75, 3.05) is 5.75 Å². The molecule has 0 unspecified atom stereocenters. The third kappa shape index (κ3) is 3.94. The van der Waals surface area contributed by atoms with Gasteiger partial charge in [0.15, 0.2) is 0 Å². The van der Waals surface area contributed by atoms with Crippen LogP contribution in [-0.4, -0.2) is 37.0 Å². The summed E-state index contributed by atoms with van der Waals surface area (Å²) in [6.07, 6.45) is -4.47. The van der Waals surface area contributed by atoms with Crippen molar-refractivity contribution in [3.05, 3.63) is 35.4 Å². The molecule has 0 spiro atoms. The number of thioether (sulfide) groups is 1. The average Bonchev–Trinajstić information content (AvgIpc) is 2.83. The summed E-state index contributed by atoms with van der Waals surface area (Å²) in [6, 6.07) is 5.09. The van der Waals surface area contributed by atoms with Gasteiger partial charge < -0.3 is 5.11 Å². The second kappa shape index (κ2) is 6.12. The second-order valence-electron chi connectivity index (χ2n) is 3.96.